The first-order valence-corrected chi connectivity index (χ1v) is 6.32. The molecule has 6 heteroatoms. The van der Waals surface area contributed by atoms with E-state index in [2.05, 4.69) is 5.32 Å². The van der Waals surface area contributed by atoms with Gasteiger partial charge in [-0.1, -0.05) is 11.6 Å². The van der Waals surface area contributed by atoms with Crippen molar-refractivity contribution in [3.63, 3.8) is 0 Å². The van der Waals surface area contributed by atoms with Crippen LogP contribution in [-0.2, 0) is 0 Å². The molecule has 0 atom stereocenters. The quantitative estimate of drug-likeness (QED) is 0.654. The van der Waals surface area contributed by atoms with E-state index in [-0.39, 0.29) is 17.8 Å². The lowest BCUT2D eigenvalue weighted by Gasteiger charge is -2.26. The second-order valence-electron chi connectivity index (χ2n) is 4.57. The van der Waals surface area contributed by atoms with Crippen LogP contribution in [-0.4, -0.2) is 22.2 Å². The van der Waals surface area contributed by atoms with Gasteiger partial charge in [-0.05, 0) is 37.8 Å². The third kappa shape index (κ3) is 3.11. The molecule has 2 rings (SSSR count). The summed E-state index contributed by atoms with van der Waals surface area (Å²) in [7, 11) is 0. The van der Waals surface area contributed by atoms with Crippen LogP contribution in [0.15, 0.2) is 18.2 Å². The highest BCUT2D eigenvalue weighted by Gasteiger charge is 2.22. The first kappa shape index (κ1) is 13.1. The standard InChI is InChI=1S/C12H15ClN2O3/c13-8-1-6-12(15(17)18)11(7-8)14-9-2-4-10(16)5-3-9/h1,6-7,9-10,14,16H,2-5H2. The van der Waals surface area contributed by atoms with Crippen molar-refractivity contribution in [3.05, 3.63) is 33.3 Å². The average Bonchev–Trinajstić information content (AvgIpc) is 2.32. The normalized spacial score (nSPS) is 23.7. The number of hydrogen-bond acceptors (Lipinski definition) is 4. The summed E-state index contributed by atoms with van der Waals surface area (Å²) in [6.07, 6.45) is 2.84. The number of anilines is 1. The van der Waals surface area contributed by atoms with E-state index in [0.29, 0.717) is 10.7 Å². The molecule has 1 aromatic rings. The van der Waals surface area contributed by atoms with Crippen molar-refractivity contribution in [2.24, 2.45) is 0 Å². The van der Waals surface area contributed by atoms with Gasteiger partial charge in [-0.2, -0.15) is 0 Å². The fourth-order valence-corrected chi connectivity index (χ4v) is 2.40. The Hall–Kier alpha value is -1.33. The van der Waals surface area contributed by atoms with Crippen molar-refractivity contribution >= 4 is 23.0 Å². The van der Waals surface area contributed by atoms with Crippen LogP contribution < -0.4 is 5.32 Å². The molecule has 0 bridgehead atoms. The Balaban J connectivity index is 2.12. The summed E-state index contributed by atoms with van der Waals surface area (Å²) in [6.45, 7) is 0. The molecule has 5 nitrogen and oxygen atoms in total. The molecule has 0 radical (unpaired) electrons. The number of rotatable bonds is 3. The molecule has 2 N–H and O–H groups in total. The monoisotopic (exact) mass is 270 g/mol. The Bertz CT molecular complexity index is 445. The number of halogens is 1. The van der Waals surface area contributed by atoms with Crippen molar-refractivity contribution < 1.29 is 10.0 Å². The Morgan fingerprint density at radius 2 is 2.00 bits per heavy atom. The molecule has 0 saturated heterocycles. The van der Waals surface area contributed by atoms with Gasteiger partial charge in [0.25, 0.3) is 5.69 Å². The van der Waals surface area contributed by atoms with E-state index in [1.165, 1.54) is 12.1 Å². The Labute approximate surface area is 110 Å². The minimum absolute atomic E-state index is 0.0329. The van der Waals surface area contributed by atoms with Gasteiger partial charge in [-0.3, -0.25) is 10.1 Å². The van der Waals surface area contributed by atoms with Gasteiger partial charge in [-0.15, -0.1) is 0 Å². The van der Waals surface area contributed by atoms with Crippen LogP contribution in [0.4, 0.5) is 11.4 Å². The molecule has 0 heterocycles. The SMILES string of the molecule is O=[N+]([O-])c1ccc(Cl)cc1NC1CCC(O)CC1. The topological polar surface area (TPSA) is 75.4 Å². The molecule has 1 aliphatic carbocycles. The maximum absolute atomic E-state index is 10.9. The minimum Gasteiger partial charge on any atom is -0.393 e. The smallest absolute Gasteiger partial charge is 0.292 e. The number of nitro groups is 1. The number of hydrogen-bond donors (Lipinski definition) is 2. The molecule has 0 aromatic heterocycles. The molecule has 1 aromatic carbocycles. The van der Waals surface area contributed by atoms with Crippen LogP contribution >= 0.6 is 11.6 Å². The van der Waals surface area contributed by atoms with Crippen molar-refractivity contribution in [2.45, 2.75) is 37.8 Å². The van der Waals surface area contributed by atoms with Crippen molar-refractivity contribution in [2.75, 3.05) is 5.32 Å². The second-order valence-corrected chi connectivity index (χ2v) is 5.00. The van der Waals surface area contributed by atoms with E-state index < -0.39 is 4.92 Å². The number of aliphatic hydroxyl groups excluding tert-OH is 1. The van der Waals surface area contributed by atoms with Crippen LogP contribution in [0, 0.1) is 10.1 Å². The van der Waals surface area contributed by atoms with Crippen LogP contribution in [0.1, 0.15) is 25.7 Å². The first-order chi connectivity index (χ1) is 8.56. The highest BCUT2D eigenvalue weighted by molar-refractivity contribution is 6.31. The van der Waals surface area contributed by atoms with Crippen LogP contribution in [0.5, 0.6) is 0 Å². The Morgan fingerprint density at radius 1 is 1.33 bits per heavy atom. The maximum atomic E-state index is 10.9. The molecule has 0 amide bonds. The van der Waals surface area contributed by atoms with Gasteiger partial charge in [0.05, 0.1) is 11.0 Å². The second kappa shape index (κ2) is 5.54. The summed E-state index contributed by atoms with van der Waals surface area (Å²) in [5, 5.41) is 24.0. The van der Waals surface area contributed by atoms with E-state index in [1.807, 2.05) is 0 Å². The predicted molar refractivity (Wildman–Crippen MR) is 70.0 cm³/mol. The van der Waals surface area contributed by atoms with Gasteiger partial charge in [-0.25, -0.2) is 0 Å². The first-order valence-electron chi connectivity index (χ1n) is 5.95. The summed E-state index contributed by atoms with van der Waals surface area (Å²) in [5.74, 6) is 0. The molecule has 1 aliphatic rings. The Kier molecular flexibility index (Phi) is 4.04. The Morgan fingerprint density at radius 3 is 2.61 bits per heavy atom. The maximum Gasteiger partial charge on any atom is 0.292 e. The lowest BCUT2D eigenvalue weighted by molar-refractivity contribution is -0.384. The minimum atomic E-state index is -0.420. The number of nitro benzene ring substituents is 1. The van der Waals surface area contributed by atoms with Gasteiger partial charge in [0.1, 0.15) is 5.69 Å². The van der Waals surface area contributed by atoms with Crippen molar-refractivity contribution in [3.8, 4) is 0 Å². The highest BCUT2D eigenvalue weighted by Crippen LogP contribution is 2.30. The number of aliphatic hydroxyl groups is 1. The van der Waals surface area contributed by atoms with Gasteiger partial charge in [0.2, 0.25) is 0 Å². The van der Waals surface area contributed by atoms with E-state index in [1.54, 1.807) is 6.07 Å². The summed E-state index contributed by atoms with van der Waals surface area (Å²) in [5.41, 5.74) is 0.486. The lowest BCUT2D eigenvalue weighted by atomic mass is 9.93. The molecule has 1 fully saturated rings. The number of nitrogens with zero attached hydrogens (tertiary/aromatic N) is 1. The highest BCUT2D eigenvalue weighted by atomic mass is 35.5. The van der Waals surface area contributed by atoms with Gasteiger partial charge in [0.15, 0.2) is 0 Å². The molecule has 0 unspecified atom stereocenters. The summed E-state index contributed by atoms with van der Waals surface area (Å²) in [6, 6.07) is 4.65. The van der Waals surface area contributed by atoms with Crippen LogP contribution in [0.25, 0.3) is 0 Å². The largest absolute Gasteiger partial charge is 0.393 e. The fraction of sp³-hybridized carbons (Fsp3) is 0.500. The third-order valence-electron chi connectivity index (χ3n) is 3.21. The van der Waals surface area contributed by atoms with Crippen molar-refractivity contribution in [1.82, 2.24) is 0 Å². The van der Waals surface area contributed by atoms with Gasteiger partial charge >= 0.3 is 0 Å². The summed E-state index contributed by atoms with van der Waals surface area (Å²) >= 11 is 5.86. The molecular weight excluding hydrogens is 256 g/mol. The number of benzene rings is 1. The fourth-order valence-electron chi connectivity index (χ4n) is 2.22. The zero-order chi connectivity index (χ0) is 13.1. The number of nitrogens with one attached hydrogen (secondary N) is 1. The van der Waals surface area contributed by atoms with Crippen LogP contribution in [0.3, 0.4) is 0 Å². The third-order valence-corrected chi connectivity index (χ3v) is 3.45. The van der Waals surface area contributed by atoms with E-state index >= 15 is 0 Å². The van der Waals surface area contributed by atoms with E-state index in [4.69, 9.17) is 11.6 Å². The molecule has 1 saturated carbocycles. The van der Waals surface area contributed by atoms with Crippen molar-refractivity contribution in [1.29, 1.82) is 0 Å². The van der Waals surface area contributed by atoms with Gasteiger partial charge < -0.3 is 10.4 Å². The zero-order valence-corrected chi connectivity index (χ0v) is 10.6. The van der Waals surface area contributed by atoms with E-state index in [0.717, 1.165) is 25.7 Å². The summed E-state index contributed by atoms with van der Waals surface area (Å²) in [4.78, 5) is 10.5. The molecule has 0 aliphatic heterocycles. The van der Waals surface area contributed by atoms with E-state index in [9.17, 15) is 15.2 Å². The lowest BCUT2D eigenvalue weighted by Crippen LogP contribution is -2.28. The molecule has 0 spiro atoms. The molecular formula is C12H15ClN2O3. The summed E-state index contributed by atoms with van der Waals surface area (Å²) < 4.78 is 0. The van der Waals surface area contributed by atoms with Crippen LogP contribution in [0.2, 0.25) is 5.02 Å². The molecule has 18 heavy (non-hydrogen) atoms. The van der Waals surface area contributed by atoms with Gasteiger partial charge in [0, 0.05) is 17.1 Å². The zero-order valence-electron chi connectivity index (χ0n) is 9.80. The predicted octanol–water partition coefficient (Wildman–Crippen LogP) is 2.96. The average molecular weight is 271 g/mol. The molecule has 98 valence electrons.